The van der Waals surface area contributed by atoms with E-state index in [0.29, 0.717) is 15.8 Å². The smallest absolute Gasteiger partial charge is 0.261 e. The lowest BCUT2D eigenvalue weighted by atomic mass is 10.1. The minimum Gasteiger partial charge on any atom is -0.323 e. The lowest BCUT2D eigenvalue weighted by Gasteiger charge is -2.29. The molecule has 5 nitrogen and oxygen atoms in total. The molecular formula is C14H9BrClN3O2. The second kappa shape index (κ2) is 5.46. The summed E-state index contributed by atoms with van der Waals surface area (Å²) >= 11 is 9.25. The minimum absolute atomic E-state index is 0.0569. The molecule has 0 bridgehead atoms. The van der Waals surface area contributed by atoms with E-state index in [9.17, 15) is 9.59 Å². The van der Waals surface area contributed by atoms with Crippen molar-refractivity contribution in [1.29, 1.82) is 0 Å². The number of benzene rings is 1. The summed E-state index contributed by atoms with van der Waals surface area (Å²) in [6, 6.07) is 8.70. The number of nitrogens with zero attached hydrogens (tertiary/aromatic N) is 2. The molecule has 1 aliphatic rings. The van der Waals surface area contributed by atoms with Crippen molar-refractivity contribution < 1.29 is 9.59 Å². The number of para-hydroxylation sites is 2. The van der Waals surface area contributed by atoms with Crippen molar-refractivity contribution in [2.45, 2.75) is 0 Å². The average molecular weight is 367 g/mol. The fourth-order valence-corrected chi connectivity index (χ4v) is 2.65. The molecule has 106 valence electrons. The summed E-state index contributed by atoms with van der Waals surface area (Å²) in [6.07, 6.45) is 1.51. The van der Waals surface area contributed by atoms with Gasteiger partial charge < -0.3 is 5.32 Å². The van der Waals surface area contributed by atoms with Gasteiger partial charge in [0.2, 0.25) is 5.91 Å². The third kappa shape index (κ3) is 2.64. The van der Waals surface area contributed by atoms with Crippen molar-refractivity contribution in [3.05, 3.63) is 51.7 Å². The number of halogens is 2. The minimum atomic E-state index is -0.365. The third-order valence-corrected chi connectivity index (χ3v) is 3.79. The number of hydrogen-bond acceptors (Lipinski definition) is 3. The predicted molar refractivity (Wildman–Crippen MR) is 83.7 cm³/mol. The molecule has 0 unspecified atom stereocenters. The normalized spacial score (nSPS) is 13.6. The van der Waals surface area contributed by atoms with Crippen LogP contribution >= 0.6 is 27.5 Å². The summed E-state index contributed by atoms with van der Waals surface area (Å²) in [5.41, 5.74) is 1.48. The van der Waals surface area contributed by atoms with E-state index < -0.39 is 0 Å². The second-order valence-electron chi connectivity index (χ2n) is 4.45. The molecule has 0 spiro atoms. The number of anilines is 2. The number of aromatic nitrogens is 1. The Hall–Kier alpha value is -1.92. The highest BCUT2D eigenvalue weighted by Crippen LogP contribution is 2.31. The molecule has 1 N–H and O–H groups in total. The number of nitrogens with one attached hydrogen (secondary N) is 1. The Kier molecular flexibility index (Phi) is 3.65. The average Bonchev–Trinajstić information content (AvgIpc) is 2.48. The van der Waals surface area contributed by atoms with E-state index in [1.807, 2.05) is 0 Å². The van der Waals surface area contributed by atoms with Crippen molar-refractivity contribution in [1.82, 2.24) is 4.98 Å². The first kappa shape index (κ1) is 14.0. The van der Waals surface area contributed by atoms with Crippen LogP contribution < -0.4 is 10.2 Å². The number of hydrogen-bond donors (Lipinski definition) is 1. The van der Waals surface area contributed by atoms with Crippen molar-refractivity contribution in [3.8, 4) is 0 Å². The standard InChI is InChI=1S/C14H9BrClN3O2/c15-8-5-9(13(16)17-6-8)14(21)19-7-12(20)18-10-3-1-2-4-11(10)19/h1-6H,7H2,(H,18,20). The number of carbonyl (C=O) groups excluding carboxylic acids is 2. The first-order valence-electron chi connectivity index (χ1n) is 6.08. The SMILES string of the molecule is O=C1CN(C(=O)c2cc(Br)cnc2Cl)c2ccccc2N1. The van der Waals surface area contributed by atoms with Gasteiger partial charge in [-0.15, -0.1) is 0 Å². The van der Waals surface area contributed by atoms with Crippen molar-refractivity contribution in [2.75, 3.05) is 16.8 Å². The van der Waals surface area contributed by atoms with E-state index >= 15 is 0 Å². The van der Waals surface area contributed by atoms with Gasteiger partial charge in [-0.2, -0.15) is 0 Å². The van der Waals surface area contributed by atoms with Gasteiger partial charge in [-0.25, -0.2) is 4.98 Å². The van der Waals surface area contributed by atoms with Gasteiger partial charge in [0, 0.05) is 10.7 Å². The molecule has 7 heteroatoms. The van der Waals surface area contributed by atoms with Crippen LogP contribution in [0.5, 0.6) is 0 Å². The summed E-state index contributed by atoms with van der Waals surface area (Å²) in [4.78, 5) is 29.8. The molecule has 0 saturated carbocycles. The molecule has 0 saturated heterocycles. The molecule has 0 radical (unpaired) electrons. The Morgan fingerprint density at radius 3 is 2.95 bits per heavy atom. The van der Waals surface area contributed by atoms with Gasteiger partial charge in [-0.05, 0) is 34.1 Å². The fourth-order valence-electron chi connectivity index (χ4n) is 2.13. The topological polar surface area (TPSA) is 62.3 Å². The van der Waals surface area contributed by atoms with Crippen LogP contribution in [-0.4, -0.2) is 23.3 Å². The molecule has 2 heterocycles. The molecule has 0 fully saturated rings. The van der Waals surface area contributed by atoms with Crippen LogP contribution in [0.3, 0.4) is 0 Å². The maximum atomic E-state index is 12.7. The number of amides is 2. The first-order chi connectivity index (χ1) is 10.1. The molecule has 0 atom stereocenters. The maximum absolute atomic E-state index is 12.7. The van der Waals surface area contributed by atoms with Crippen LogP contribution in [0.1, 0.15) is 10.4 Å². The van der Waals surface area contributed by atoms with Gasteiger partial charge in [-0.1, -0.05) is 23.7 Å². The van der Waals surface area contributed by atoms with E-state index in [-0.39, 0.29) is 29.1 Å². The zero-order chi connectivity index (χ0) is 15.0. The van der Waals surface area contributed by atoms with Gasteiger partial charge in [0.05, 0.1) is 16.9 Å². The van der Waals surface area contributed by atoms with E-state index in [4.69, 9.17) is 11.6 Å². The molecule has 2 amide bonds. The van der Waals surface area contributed by atoms with Gasteiger partial charge in [0.15, 0.2) is 0 Å². The molecule has 1 aromatic carbocycles. The lowest BCUT2D eigenvalue weighted by molar-refractivity contribution is -0.115. The molecule has 0 aliphatic carbocycles. The van der Waals surface area contributed by atoms with E-state index in [0.717, 1.165) is 0 Å². The van der Waals surface area contributed by atoms with E-state index in [1.54, 1.807) is 30.3 Å². The van der Waals surface area contributed by atoms with Gasteiger partial charge in [0.1, 0.15) is 11.7 Å². The Morgan fingerprint density at radius 1 is 1.38 bits per heavy atom. The maximum Gasteiger partial charge on any atom is 0.261 e. The summed E-state index contributed by atoms with van der Waals surface area (Å²) in [5.74, 6) is -0.614. The Labute approximate surface area is 134 Å². The number of pyridine rings is 1. The highest BCUT2D eigenvalue weighted by Gasteiger charge is 2.28. The van der Waals surface area contributed by atoms with Crippen LogP contribution in [-0.2, 0) is 4.79 Å². The Bertz CT molecular complexity index is 751. The first-order valence-corrected chi connectivity index (χ1v) is 7.25. The number of fused-ring (bicyclic) bond motifs is 1. The van der Waals surface area contributed by atoms with Crippen LogP contribution in [0.15, 0.2) is 41.0 Å². The van der Waals surface area contributed by atoms with Crippen molar-refractivity contribution in [2.24, 2.45) is 0 Å². The third-order valence-electron chi connectivity index (χ3n) is 3.05. The zero-order valence-corrected chi connectivity index (χ0v) is 13.0. The number of carbonyl (C=O) groups is 2. The summed E-state index contributed by atoms with van der Waals surface area (Å²) in [5, 5.41) is 2.83. The summed E-state index contributed by atoms with van der Waals surface area (Å²) in [6.45, 7) is -0.0569. The highest BCUT2D eigenvalue weighted by molar-refractivity contribution is 9.10. The van der Waals surface area contributed by atoms with Crippen LogP contribution in [0.2, 0.25) is 5.15 Å². The molecule has 1 aliphatic heterocycles. The number of rotatable bonds is 1. The molecule has 2 aromatic rings. The highest BCUT2D eigenvalue weighted by atomic mass is 79.9. The predicted octanol–water partition coefficient (Wildman–Crippen LogP) is 3.10. The van der Waals surface area contributed by atoms with Crippen molar-refractivity contribution in [3.63, 3.8) is 0 Å². The fraction of sp³-hybridized carbons (Fsp3) is 0.0714. The largest absolute Gasteiger partial charge is 0.323 e. The van der Waals surface area contributed by atoms with E-state index in [1.165, 1.54) is 11.1 Å². The molecule has 1 aromatic heterocycles. The Morgan fingerprint density at radius 2 is 2.14 bits per heavy atom. The Balaban J connectivity index is 2.06. The van der Waals surface area contributed by atoms with Gasteiger partial charge in [-0.3, -0.25) is 14.5 Å². The molecule has 3 rings (SSSR count). The zero-order valence-electron chi connectivity index (χ0n) is 10.6. The van der Waals surface area contributed by atoms with Gasteiger partial charge >= 0.3 is 0 Å². The van der Waals surface area contributed by atoms with Crippen LogP contribution in [0.4, 0.5) is 11.4 Å². The van der Waals surface area contributed by atoms with E-state index in [2.05, 4.69) is 26.2 Å². The monoisotopic (exact) mass is 365 g/mol. The van der Waals surface area contributed by atoms with Crippen LogP contribution in [0, 0.1) is 0 Å². The lowest BCUT2D eigenvalue weighted by Crippen LogP contribution is -2.42. The molecular weight excluding hydrogens is 358 g/mol. The van der Waals surface area contributed by atoms with Crippen molar-refractivity contribution >= 4 is 50.7 Å². The quantitative estimate of drug-likeness (QED) is 0.789. The molecule has 21 heavy (non-hydrogen) atoms. The van der Waals surface area contributed by atoms with Gasteiger partial charge in [0.25, 0.3) is 5.91 Å². The second-order valence-corrected chi connectivity index (χ2v) is 5.72. The summed E-state index contributed by atoms with van der Waals surface area (Å²) in [7, 11) is 0. The van der Waals surface area contributed by atoms with Crippen LogP contribution in [0.25, 0.3) is 0 Å². The summed E-state index contributed by atoms with van der Waals surface area (Å²) < 4.78 is 0.644.